The summed E-state index contributed by atoms with van der Waals surface area (Å²) in [7, 11) is 0. The molecule has 1 atom stereocenters. The minimum absolute atomic E-state index is 0.189. The highest BCUT2D eigenvalue weighted by Gasteiger charge is 2.31. The van der Waals surface area contributed by atoms with Gasteiger partial charge in [-0.25, -0.2) is 4.39 Å². The van der Waals surface area contributed by atoms with Crippen molar-refractivity contribution >= 4 is 11.6 Å². The van der Waals surface area contributed by atoms with E-state index in [1.807, 2.05) is 49.1 Å². The average molecular weight is 283 g/mol. The SMILES string of the molecule is Cc1ccc(F)c(C2CN=C(N)N2c2ccccc2C)c1. The third-order valence-corrected chi connectivity index (χ3v) is 3.87. The summed E-state index contributed by atoms with van der Waals surface area (Å²) in [6.45, 7) is 4.45. The first kappa shape index (κ1) is 13.6. The Labute approximate surface area is 123 Å². The zero-order chi connectivity index (χ0) is 15.0. The molecule has 1 aliphatic heterocycles. The van der Waals surface area contributed by atoms with Crippen LogP contribution in [0.4, 0.5) is 10.1 Å². The van der Waals surface area contributed by atoms with Crippen molar-refractivity contribution in [2.75, 3.05) is 11.4 Å². The van der Waals surface area contributed by atoms with Gasteiger partial charge in [0.25, 0.3) is 0 Å². The topological polar surface area (TPSA) is 41.6 Å². The number of nitrogens with zero attached hydrogens (tertiary/aromatic N) is 2. The molecular formula is C17H18FN3. The second-order valence-corrected chi connectivity index (χ2v) is 5.40. The highest BCUT2D eigenvalue weighted by molar-refractivity contribution is 5.98. The van der Waals surface area contributed by atoms with Gasteiger partial charge in [-0.1, -0.05) is 35.9 Å². The fourth-order valence-electron chi connectivity index (χ4n) is 2.78. The van der Waals surface area contributed by atoms with Gasteiger partial charge in [-0.05, 0) is 31.5 Å². The largest absolute Gasteiger partial charge is 0.369 e. The van der Waals surface area contributed by atoms with Crippen molar-refractivity contribution in [3.8, 4) is 0 Å². The molecule has 0 aromatic heterocycles. The Hall–Kier alpha value is -2.36. The van der Waals surface area contributed by atoms with Gasteiger partial charge in [0.2, 0.25) is 0 Å². The minimum Gasteiger partial charge on any atom is -0.369 e. The molecule has 0 amide bonds. The highest BCUT2D eigenvalue weighted by atomic mass is 19.1. The summed E-state index contributed by atoms with van der Waals surface area (Å²) >= 11 is 0. The van der Waals surface area contributed by atoms with Crippen molar-refractivity contribution in [3.63, 3.8) is 0 Å². The van der Waals surface area contributed by atoms with Crippen LogP contribution in [-0.2, 0) is 0 Å². The van der Waals surface area contributed by atoms with Crippen LogP contribution in [0, 0.1) is 19.7 Å². The summed E-state index contributed by atoms with van der Waals surface area (Å²) in [6, 6.07) is 12.9. The molecule has 0 radical (unpaired) electrons. The number of anilines is 1. The number of para-hydroxylation sites is 1. The monoisotopic (exact) mass is 283 g/mol. The van der Waals surface area contributed by atoms with Crippen LogP contribution in [0.2, 0.25) is 0 Å². The predicted molar refractivity (Wildman–Crippen MR) is 84.0 cm³/mol. The zero-order valence-electron chi connectivity index (χ0n) is 12.2. The lowest BCUT2D eigenvalue weighted by Gasteiger charge is -2.28. The molecule has 3 rings (SSSR count). The maximum Gasteiger partial charge on any atom is 0.196 e. The molecule has 2 N–H and O–H groups in total. The Morgan fingerprint density at radius 1 is 1.19 bits per heavy atom. The third-order valence-electron chi connectivity index (χ3n) is 3.87. The number of aliphatic imine (C=N–C) groups is 1. The van der Waals surface area contributed by atoms with Crippen LogP contribution >= 0.6 is 0 Å². The molecule has 0 fully saturated rings. The van der Waals surface area contributed by atoms with E-state index >= 15 is 0 Å². The summed E-state index contributed by atoms with van der Waals surface area (Å²) in [4.78, 5) is 6.24. The maximum atomic E-state index is 14.2. The number of nitrogens with two attached hydrogens (primary N) is 1. The van der Waals surface area contributed by atoms with Crippen LogP contribution in [0.1, 0.15) is 22.7 Å². The minimum atomic E-state index is -0.214. The van der Waals surface area contributed by atoms with E-state index in [9.17, 15) is 4.39 Å². The van der Waals surface area contributed by atoms with Crippen molar-refractivity contribution < 1.29 is 4.39 Å². The summed E-state index contributed by atoms with van der Waals surface area (Å²) < 4.78 is 14.2. The van der Waals surface area contributed by atoms with E-state index in [0.29, 0.717) is 18.1 Å². The number of hydrogen-bond acceptors (Lipinski definition) is 3. The molecule has 0 saturated carbocycles. The van der Waals surface area contributed by atoms with Crippen LogP contribution in [0.5, 0.6) is 0 Å². The standard InChI is InChI=1S/C17H18FN3/c1-11-7-8-14(18)13(9-11)16-10-20-17(19)21(16)15-6-4-3-5-12(15)2/h3-9,16H,10H2,1-2H3,(H2,19,20). The molecule has 2 aromatic carbocycles. The van der Waals surface area contributed by atoms with Gasteiger partial charge in [0.15, 0.2) is 5.96 Å². The first-order valence-corrected chi connectivity index (χ1v) is 6.99. The molecule has 1 aliphatic rings. The second kappa shape index (κ2) is 5.20. The molecule has 0 spiro atoms. The lowest BCUT2D eigenvalue weighted by atomic mass is 10.0. The van der Waals surface area contributed by atoms with Gasteiger partial charge in [-0.2, -0.15) is 0 Å². The van der Waals surface area contributed by atoms with Crippen molar-refractivity contribution in [2.24, 2.45) is 10.7 Å². The van der Waals surface area contributed by atoms with Crippen molar-refractivity contribution in [1.82, 2.24) is 0 Å². The van der Waals surface area contributed by atoms with E-state index in [4.69, 9.17) is 5.73 Å². The smallest absolute Gasteiger partial charge is 0.196 e. The lowest BCUT2D eigenvalue weighted by Crippen LogP contribution is -2.37. The van der Waals surface area contributed by atoms with Crippen LogP contribution in [-0.4, -0.2) is 12.5 Å². The Morgan fingerprint density at radius 3 is 2.71 bits per heavy atom. The van der Waals surface area contributed by atoms with Gasteiger partial charge < -0.3 is 10.6 Å². The number of benzene rings is 2. The second-order valence-electron chi connectivity index (χ2n) is 5.40. The van der Waals surface area contributed by atoms with Crippen LogP contribution in [0.25, 0.3) is 0 Å². The van der Waals surface area contributed by atoms with Crippen molar-refractivity contribution in [1.29, 1.82) is 0 Å². The van der Waals surface area contributed by atoms with E-state index in [2.05, 4.69) is 4.99 Å². The highest BCUT2D eigenvalue weighted by Crippen LogP contribution is 2.34. The molecular weight excluding hydrogens is 265 g/mol. The number of hydrogen-bond donors (Lipinski definition) is 1. The Bertz CT molecular complexity index is 709. The van der Waals surface area contributed by atoms with Gasteiger partial charge in [-0.3, -0.25) is 4.99 Å². The molecule has 3 nitrogen and oxygen atoms in total. The number of halogens is 1. The molecule has 4 heteroatoms. The van der Waals surface area contributed by atoms with Gasteiger partial charge in [-0.15, -0.1) is 0 Å². The predicted octanol–water partition coefficient (Wildman–Crippen LogP) is 3.32. The zero-order valence-corrected chi connectivity index (χ0v) is 12.2. The molecule has 1 unspecified atom stereocenters. The Balaban J connectivity index is 2.07. The van der Waals surface area contributed by atoms with Gasteiger partial charge in [0, 0.05) is 11.3 Å². The quantitative estimate of drug-likeness (QED) is 0.918. The normalized spacial score (nSPS) is 18.0. The first-order valence-electron chi connectivity index (χ1n) is 6.99. The van der Waals surface area contributed by atoms with Crippen molar-refractivity contribution in [3.05, 3.63) is 65.0 Å². The third kappa shape index (κ3) is 2.37. The number of aryl methyl sites for hydroxylation is 2. The molecule has 1 heterocycles. The van der Waals surface area contributed by atoms with Crippen LogP contribution in [0.15, 0.2) is 47.5 Å². The Morgan fingerprint density at radius 2 is 1.95 bits per heavy atom. The van der Waals surface area contributed by atoms with E-state index in [1.165, 1.54) is 6.07 Å². The van der Waals surface area contributed by atoms with E-state index in [1.54, 1.807) is 6.07 Å². The summed E-state index contributed by atoms with van der Waals surface area (Å²) in [5.74, 6) is 0.226. The molecule has 21 heavy (non-hydrogen) atoms. The number of rotatable bonds is 2. The van der Waals surface area contributed by atoms with Crippen LogP contribution in [0.3, 0.4) is 0 Å². The van der Waals surface area contributed by atoms with E-state index in [0.717, 1.165) is 16.8 Å². The van der Waals surface area contributed by atoms with Gasteiger partial charge in [0.1, 0.15) is 5.82 Å². The molecule has 0 saturated heterocycles. The fraction of sp³-hybridized carbons (Fsp3) is 0.235. The van der Waals surface area contributed by atoms with Gasteiger partial charge in [0.05, 0.1) is 12.6 Å². The molecule has 2 aromatic rings. The first-order chi connectivity index (χ1) is 10.1. The van der Waals surface area contributed by atoms with Gasteiger partial charge >= 0.3 is 0 Å². The molecule has 0 bridgehead atoms. The van der Waals surface area contributed by atoms with E-state index in [-0.39, 0.29) is 11.9 Å². The summed E-state index contributed by atoms with van der Waals surface area (Å²) in [5.41, 5.74) is 9.79. The average Bonchev–Trinajstić information content (AvgIpc) is 2.84. The Kier molecular flexibility index (Phi) is 3.37. The fourth-order valence-corrected chi connectivity index (χ4v) is 2.78. The van der Waals surface area contributed by atoms with Crippen LogP contribution < -0.4 is 10.6 Å². The lowest BCUT2D eigenvalue weighted by molar-refractivity contribution is 0.588. The maximum absolute atomic E-state index is 14.2. The molecule has 108 valence electrons. The van der Waals surface area contributed by atoms with Crippen molar-refractivity contribution in [2.45, 2.75) is 19.9 Å². The number of guanidine groups is 1. The summed E-state index contributed by atoms with van der Waals surface area (Å²) in [6.07, 6.45) is 0. The van der Waals surface area contributed by atoms with E-state index < -0.39 is 0 Å². The summed E-state index contributed by atoms with van der Waals surface area (Å²) in [5, 5.41) is 0. The molecule has 0 aliphatic carbocycles.